The van der Waals surface area contributed by atoms with Gasteiger partial charge in [0.25, 0.3) is 0 Å². The molecule has 8 heteroatoms. The van der Waals surface area contributed by atoms with Crippen LogP contribution in [0.15, 0.2) is 36.5 Å². The van der Waals surface area contributed by atoms with E-state index in [4.69, 9.17) is 13.6 Å². The predicted octanol–water partition coefficient (Wildman–Crippen LogP) is 10.0. The standard InChI is InChI=1S/C37H68O6Si2/c1-19-21-26(3)23-24-30(29(6)38)41-32(39)25-31(42-44(15,16)35(7,8)9)37(13,14)34(40)28(5)33(27(4)22-20-2)43-45(17,18)36(10,11)12/h19-20,22-23,27-28,30-31,33H,1,21,24-25H2,2-18H3/b22-20+,26-23-/t27-,28+,30-,31-,33-/m0/s1. The molecule has 0 rings (SSSR count). The number of hydrogen-bond acceptors (Lipinski definition) is 6. The molecule has 0 spiro atoms. The van der Waals surface area contributed by atoms with Gasteiger partial charge in [-0.25, -0.2) is 0 Å². The van der Waals surface area contributed by atoms with E-state index in [1.54, 1.807) is 6.08 Å². The van der Waals surface area contributed by atoms with Crippen LogP contribution in [0.2, 0.25) is 36.3 Å². The number of esters is 1. The molecule has 0 aromatic rings. The number of ether oxygens (including phenoxy) is 1. The van der Waals surface area contributed by atoms with Crippen LogP contribution in [0.5, 0.6) is 0 Å². The van der Waals surface area contributed by atoms with Gasteiger partial charge >= 0.3 is 5.97 Å². The van der Waals surface area contributed by atoms with Crippen molar-refractivity contribution in [2.45, 2.75) is 164 Å². The van der Waals surface area contributed by atoms with Crippen LogP contribution in [-0.2, 0) is 28.0 Å². The van der Waals surface area contributed by atoms with Gasteiger partial charge in [0.05, 0.1) is 18.6 Å². The van der Waals surface area contributed by atoms with E-state index in [1.165, 1.54) is 6.92 Å². The molecule has 0 heterocycles. The Kier molecular flexibility index (Phi) is 16.4. The topological polar surface area (TPSA) is 78.9 Å². The van der Waals surface area contributed by atoms with Gasteiger partial charge in [0.1, 0.15) is 5.78 Å². The summed E-state index contributed by atoms with van der Waals surface area (Å²) in [6.45, 7) is 38.6. The summed E-state index contributed by atoms with van der Waals surface area (Å²) in [5, 5.41) is -0.173. The Labute approximate surface area is 279 Å². The summed E-state index contributed by atoms with van der Waals surface area (Å²) in [7, 11) is -4.65. The molecule has 0 radical (unpaired) electrons. The molecule has 0 amide bonds. The second-order valence-electron chi connectivity index (χ2n) is 16.5. The van der Waals surface area contributed by atoms with Crippen molar-refractivity contribution in [2.24, 2.45) is 17.3 Å². The van der Waals surface area contributed by atoms with Crippen LogP contribution in [-0.4, -0.2) is 52.5 Å². The number of carbonyl (C=O) groups is 3. The van der Waals surface area contributed by atoms with Gasteiger partial charge < -0.3 is 13.6 Å². The first-order valence-corrected chi connectivity index (χ1v) is 22.5. The van der Waals surface area contributed by atoms with E-state index in [9.17, 15) is 14.4 Å². The largest absolute Gasteiger partial charge is 0.454 e. The van der Waals surface area contributed by atoms with Crippen molar-refractivity contribution in [3.63, 3.8) is 0 Å². The zero-order valence-corrected chi connectivity index (χ0v) is 34.0. The molecule has 0 aromatic carbocycles. The third kappa shape index (κ3) is 12.8. The molecule has 0 fully saturated rings. The molecule has 260 valence electrons. The van der Waals surface area contributed by atoms with Gasteiger partial charge in [0.2, 0.25) is 0 Å². The van der Waals surface area contributed by atoms with Crippen LogP contribution in [0.25, 0.3) is 0 Å². The molecule has 0 unspecified atom stereocenters. The van der Waals surface area contributed by atoms with Gasteiger partial charge in [-0.1, -0.05) is 99.1 Å². The molecule has 0 aliphatic carbocycles. The molecule has 0 aliphatic heterocycles. The quantitative estimate of drug-likeness (QED) is 0.0824. The first-order valence-electron chi connectivity index (χ1n) is 16.7. The lowest BCUT2D eigenvalue weighted by Gasteiger charge is -2.46. The minimum Gasteiger partial charge on any atom is -0.454 e. The van der Waals surface area contributed by atoms with Crippen LogP contribution >= 0.6 is 0 Å². The highest BCUT2D eigenvalue weighted by Crippen LogP contribution is 2.44. The van der Waals surface area contributed by atoms with Crippen molar-refractivity contribution in [1.29, 1.82) is 0 Å². The smallest absolute Gasteiger partial charge is 0.309 e. The number of rotatable bonds is 18. The van der Waals surface area contributed by atoms with E-state index in [0.29, 0.717) is 12.8 Å². The summed E-state index contributed by atoms with van der Waals surface area (Å²) in [5.74, 6) is -1.22. The third-order valence-electron chi connectivity index (χ3n) is 10.1. The van der Waals surface area contributed by atoms with Crippen molar-refractivity contribution < 1.29 is 28.0 Å². The zero-order valence-electron chi connectivity index (χ0n) is 32.0. The Morgan fingerprint density at radius 1 is 0.844 bits per heavy atom. The molecule has 0 saturated heterocycles. The van der Waals surface area contributed by atoms with Gasteiger partial charge in [-0.05, 0) is 69.4 Å². The van der Waals surface area contributed by atoms with Gasteiger partial charge in [0.15, 0.2) is 28.5 Å². The fourth-order valence-electron chi connectivity index (χ4n) is 4.74. The summed E-state index contributed by atoms with van der Waals surface area (Å²) >= 11 is 0. The van der Waals surface area contributed by atoms with Crippen molar-refractivity contribution in [2.75, 3.05) is 0 Å². The lowest BCUT2D eigenvalue weighted by molar-refractivity contribution is -0.158. The fraction of sp³-hybridized carbons (Fsp3) is 0.757. The lowest BCUT2D eigenvalue weighted by Crippen LogP contribution is -2.54. The molecule has 6 nitrogen and oxygen atoms in total. The second kappa shape index (κ2) is 17.0. The van der Waals surface area contributed by atoms with E-state index >= 15 is 0 Å². The number of hydrogen-bond donors (Lipinski definition) is 0. The van der Waals surface area contributed by atoms with Crippen molar-refractivity contribution in [3.8, 4) is 0 Å². The maximum atomic E-state index is 14.6. The van der Waals surface area contributed by atoms with Crippen LogP contribution in [0.1, 0.15) is 109 Å². The lowest BCUT2D eigenvalue weighted by atomic mass is 9.73. The van der Waals surface area contributed by atoms with Gasteiger partial charge in [-0.15, -0.1) is 6.58 Å². The fourth-order valence-corrected chi connectivity index (χ4v) is 7.64. The summed E-state index contributed by atoms with van der Waals surface area (Å²) in [6, 6.07) is 0. The molecular formula is C37H68O6Si2. The van der Waals surface area contributed by atoms with Crippen molar-refractivity contribution in [1.82, 2.24) is 0 Å². The van der Waals surface area contributed by atoms with Gasteiger partial charge in [0, 0.05) is 17.8 Å². The normalized spacial score (nSPS) is 17.4. The van der Waals surface area contributed by atoms with E-state index in [-0.39, 0.29) is 40.1 Å². The molecule has 45 heavy (non-hydrogen) atoms. The number of Topliss-reactive ketones (excluding diaryl/α,β-unsaturated/α-hetero) is 2. The highest BCUT2D eigenvalue weighted by Gasteiger charge is 2.50. The van der Waals surface area contributed by atoms with E-state index in [0.717, 1.165) is 5.57 Å². The van der Waals surface area contributed by atoms with Crippen molar-refractivity contribution in [3.05, 3.63) is 36.5 Å². The molecule has 5 atom stereocenters. The predicted molar refractivity (Wildman–Crippen MR) is 194 cm³/mol. The molecule has 0 aromatic heterocycles. The number of allylic oxidation sites excluding steroid dienone is 3. The maximum Gasteiger partial charge on any atom is 0.309 e. The minimum absolute atomic E-state index is 0.00910. The van der Waals surface area contributed by atoms with E-state index < -0.39 is 46.1 Å². The molecule has 0 N–H and O–H groups in total. The average Bonchev–Trinajstić information content (AvgIpc) is 2.87. The van der Waals surface area contributed by atoms with Crippen LogP contribution in [0.3, 0.4) is 0 Å². The highest BCUT2D eigenvalue weighted by molar-refractivity contribution is 6.74. The molecule has 0 bridgehead atoms. The van der Waals surface area contributed by atoms with E-state index in [1.807, 2.05) is 46.8 Å². The first kappa shape index (κ1) is 43.4. The zero-order chi connectivity index (χ0) is 35.8. The van der Waals surface area contributed by atoms with Gasteiger partial charge in [-0.2, -0.15) is 0 Å². The Morgan fingerprint density at radius 2 is 1.33 bits per heavy atom. The van der Waals surface area contributed by atoms with Crippen molar-refractivity contribution >= 4 is 34.2 Å². The minimum atomic E-state index is -2.43. The number of carbonyl (C=O) groups excluding carboxylic acids is 3. The Bertz CT molecular complexity index is 1070. The summed E-state index contributed by atoms with van der Waals surface area (Å²) in [4.78, 5) is 40.6. The van der Waals surface area contributed by atoms with Crippen LogP contribution in [0, 0.1) is 17.3 Å². The highest BCUT2D eigenvalue weighted by atomic mass is 28.4. The Hall–Kier alpha value is -1.62. The maximum absolute atomic E-state index is 14.6. The molecule has 0 saturated carbocycles. The molecular weight excluding hydrogens is 597 g/mol. The summed E-state index contributed by atoms with van der Waals surface area (Å²) < 4.78 is 19.6. The third-order valence-corrected chi connectivity index (χ3v) is 19.0. The summed E-state index contributed by atoms with van der Waals surface area (Å²) in [6.07, 6.45) is 6.71. The Balaban J connectivity index is 6.64. The Morgan fingerprint density at radius 3 is 1.76 bits per heavy atom. The van der Waals surface area contributed by atoms with E-state index in [2.05, 4.69) is 87.3 Å². The monoisotopic (exact) mass is 664 g/mol. The molecule has 0 aliphatic rings. The van der Waals surface area contributed by atoms with Gasteiger partial charge in [-0.3, -0.25) is 14.4 Å². The summed E-state index contributed by atoms with van der Waals surface area (Å²) in [5.41, 5.74) is 0.0129. The van der Waals surface area contributed by atoms with Crippen LogP contribution < -0.4 is 0 Å². The van der Waals surface area contributed by atoms with Crippen LogP contribution in [0.4, 0.5) is 0 Å². The SMILES string of the molecule is C=CC/C(C)=C\C[C@H](OC(=O)C[C@H](O[Si](C)(C)C(C)(C)C)C(C)(C)C(=O)[C@H](C)[C@@H](O[Si](C)(C)C(C)(C)C)[C@@H](C)/C=C/C)C(C)=O. The average molecular weight is 665 g/mol. The second-order valence-corrected chi connectivity index (χ2v) is 26.1. The number of ketones is 2. The first-order chi connectivity index (χ1) is 20.2.